The van der Waals surface area contributed by atoms with Crippen LogP contribution in [0, 0.1) is 27.2 Å². The number of benzene rings is 7. The van der Waals surface area contributed by atoms with Gasteiger partial charge in [0.1, 0.15) is 74.9 Å². The highest BCUT2D eigenvalue weighted by molar-refractivity contribution is 7.87. The van der Waals surface area contributed by atoms with E-state index >= 15 is 0 Å². The fraction of sp³-hybridized carbons (Fsp3) is 0.0952. The summed E-state index contributed by atoms with van der Waals surface area (Å²) >= 11 is 0. The summed E-state index contributed by atoms with van der Waals surface area (Å²) in [5.74, 6) is -4.24. The average molecular weight is 1360 g/mol. The van der Waals surface area contributed by atoms with E-state index in [1.807, 2.05) is 0 Å². The van der Waals surface area contributed by atoms with Gasteiger partial charge in [-0.05, 0) is 67.4 Å². The van der Waals surface area contributed by atoms with Crippen molar-refractivity contribution < 1.29 is 116 Å². The van der Waals surface area contributed by atoms with Crippen molar-refractivity contribution in [3.8, 4) is 17.2 Å². The highest BCUT2D eigenvalue weighted by atomic mass is 32.2. The highest BCUT2D eigenvalue weighted by Gasteiger charge is 2.32. The van der Waals surface area contributed by atoms with E-state index in [1.165, 1.54) is 6.92 Å². The standard InChI is InChI=1S/C42H33N11O28S7/c1-18-11-28(30(81-9-2-10-82(60,61)62)16-27(18)47-44-24-6-3-19(52(56)57)12-32(24)84(66,67)68)48-50-38-34(86(72,73)74)14-22-21(40(38)54)5-8-26(42(22)88(78,79)80)46-49-29-17-31(83(63,64)65)23-15-35(87(75,76)77)39(41(55)36(23)37(29)43)51-45-25-7-4-20(53(58)59)13-33(25)85(69,70)71/h3-8,11-17,54-55H,2,9-10,43H2,1H3,(H,60,61,62)(H,63,64,65)(H,66,67,68)(H,69,70,71)(H,72,73,74)(H,75,76,77)(H,78,79,80). The van der Waals surface area contributed by atoms with Gasteiger partial charge in [0.25, 0.3) is 82.2 Å². The predicted molar refractivity (Wildman–Crippen MR) is 295 cm³/mol. The summed E-state index contributed by atoms with van der Waals surface area (Å²) in [7, 11) is -38.0. The van der Waals surface area contributed by atoms with Gasteiger partial charge in [-0.15, -0.1) is 35.8 Å². The Balaban J connectivity index is 1.39. The Morgan fingerprint density at radius 3 is 1.36 bits per heavy atom. The predicted octanol–water partition coefficient (Wildman–Crippen LogP) is 7.91. The van der Waals surface area contributed by atoms with E-state index in [0.717, 1.165) is 30.3 Å². The Hall–Kier alpha value is -9.17. The van der Waals surface area contributed by atoms with Crippen molar-refractivity contribution in [2.75, 3.05) is 18.1 Å². The number of hydrogen-bond donors (Lipinski definition) is 10. The van der Waals surface area contributed by atoms with Crippen LogP contribution in [0.4, 0.5) is 62.6 Å². The van der Waals surface area contributed by atoms with E-state index < -0.39 is 224 Å². The lowest BCUT2D eigenvalue weighted by atomic mass is 10.0. The Morgan fingerprint density at radius 1 is 0.455 bits per heavy atom. The zero-order valence-electron chi connectivity index (χ0n) is 42.8. The minimum atomic E-state index is -5.79. The Bertz CT molecular complexity index is 5180. The third-order valence-electron chi connectivity index (χ3n) is 11.6. The van der Waals surface area contributed by atoms with Crippen LogP contribution in [0.2, 0.25) is 0 Å². The number of aromatic hydroxyl groups is 2. The molecule has 0 spiro atoms. The minimum Gasteiger partial charge on any atom is -0.505 e. The quantitative estimate of drug-likeness (QED) is 0.00815. The summed E-state index contributed by atoms with van der Waals surface area (Å²) in [5.41, 5.74) is -3.43. The zero-order chi connectivity index (χ0) is 65.8. The second-order valence-electron chi connectivity index (χ2n) is 17.4. The van der Waals surface area contributed by atoms with Crippen LogP contribution in [-0.2, 0) is 70.8 Å². The van der Waals surface area contributed by atoms with Crippen LogP contribution in [0.5, 0.6) is 17.2 Å². The molecule has 11 N–H and O–H groups in total. The maximum absolute atomic E-state index is 13.2. The highest BCUT2D eigenvalue weighted by Crippen LogP contribution is 2.50. The molecule has 7 aromatic carbocycles. The number of fused-ring (bicyclic) bond motifs is 2. The van der Waals surface area contributed by atoms with Crippen LogP contribution < -0.4 is 10.5 Å². The number of rotatable bonds is 21. The van der Waals surface area contributed by atoms with Gasteiger partial charge >= 0.3 is 0 Å². The molecule has 0 aliphatic carbocycles. The summed E-state index contributed by atoms with van der Waals surface area (Å²) < 4.78 is 250. The number of nitro groups is 2. The van der Waals surface area contributed by atoms with Gasteiger partial charge in [-0.1, -0.05) is 0 Å². The molecule has 0 amide bonds. The molecule has 0 bridgehead atoms. The molecule has 0 fully saturated rings. The molecule has 0 unspecified atom stereocenters. The van der Waals surface area contributed by atoms with Crippen LogP contribution in [0.25, 0.3) is 21.5 Å². The number of nitrogens with two attached hydrogens (primary N) is 1. The molecule has 7 rings (SSSR count). The first-order valence-electron chi connectivity index (χ1n) is 22.6. The largest absolute Gasteiger partial charge is 0.505 e. The van der Waals surface area contributed by atoms with Crippen LogP contribution in [0.3, 0.4) is 0 Å². The third-order valence-corrected chi connectivity index (χ3v) is 17.7. The second kappa shape index (κ2) is 23.8. The molecule has 46 heteroatoms. The SMILES string of the molecule is Cc1cc(N=Nc2c(S(=O)(=O)O)cc3c(S(=O)(=O)O)c(N=Nc4cc(S(=O)(=O)O)c5cc(S(=O)(=O)O)c(N=Nc6ccc([N+](=O)[O-])cc6S(=O)(=O)O)c(O)c5c4N)ccc3c2O)c(OCCCS(=O)(=O)O)cc1N=Nc1ccc([N+](=O)[O-])cc1S(=O)(=O)O. The van der Waals surface area contributed by atoms with Crippen molar-refractivity contribution in [3.63, 3.8) is 0 Å². The monoisotopic (exact) mass is 1360 g/mol. The summed E-state index contributed by atoms with van der Waals surface area (Å²) in [4.78, 5) is 12.2. The van der Waals surface area contributed by atoms with Crippen molar-refractivity contribution in [2.24, 2.45) is 40.9 Å². The van der Waals surface area contributed by atoms with E-state index in [0.29, 0.717) is 36.4 Å². The molecule has 88 heavy (non-hydrogen) atoms. The Kier molecular flexibility index (Phi) is 18.0. The molecule has 7 aromatic rings. The van der Waals surface area contributed by atoms with Crippen LogP contribution in [-0.4, -0.2) is 123 Å². The Labute approximate surface area is 491 Å². The molecule has 0 aromatic heterocycles. The molecule has 0 saturated carbocycles. The van der Waals surface area contributed by atoms with Crippen molar-refractivity contribution in [3.05, 3.63) is 105 Å². The van der Waals surface area contributed by atoms with E-state index in [1.54, 1.807) is 0 Å². The molecule has 466 valence electrons. The first-order chi connectivity index (χ1) is 40.4. The number of ether oxygens (including phenoxy) is 1. The molecule has 39 nitrogen and oxygen atoms in total. The number of azo groups is 4. The average Bonchev–Trinajstić information content (AvgIpc) is 0.753. The smallest absolute Gasteiger partial charge is 0.297 e. The number of phenolic OH excluding ortho intramolecular Hbond substituents is 2. The fourth-order valence-corrected chi connectivity index (χ4v) is 12.3. The number of non-ortho nitro benzene ring substituents is 2. The number of anilines is 1. The number of nitrogens with zero attached hydrogens (tertiary/aromatic N) is 10. The molecular weight excluding hydrogens is 1330 g/mol. The number of phenols is 2. The lowest BCUT2D eigenvalue weighted by molar-refractivity contribution is -0.385. The normalized spacial score (nSPS) is 13.2. The molecule has 0 heterocycles. The maximum Gasteiger partial charge on any atom is 0.297 e. The van der Waals surface area contributed by atoms with Crippen LogP contribution in [0.1, 0.15) is 12.0 Å². The number of nitrogen functional groups attached to an aromatic ring is 1. The van der Waals surface area contributed by atoms with Gasteiger partial charge in [0.15, 0.2) is 11.5 Å². The van der Waals surface area contributed by atoms with Gasteiger partial charge in [-0.2, -0.15) is 64.0 Å². The lowest BCUT2D eigenvalue weighted by Crippen LogP contribution is -2.08. The number of nitro benzene ring substituents is 2. The van der Waals surface area contributed by atoms with Crippen molar-refractivity contribution in [1.29, 1.82) is 0 Å². The summed E-state index contributed by atoms with van der Waals surface area (Å²) in [5, 5.41) is 71.0. The first kappa shape index (κ1) is 66.4. The van der Waals surface area contributed by atoms with Crippen molar-refractivity contribution in [1.82, 2.24) is 0 Å². The topological polar surface area (TPSA) is 641 Å². The molecule has 0 aliphatic heterocycles. The van der Waals surface area contributed by atoms with Crippen LogP contribution in [0.15, 0.2) is 149 Å². The van der Waals surface area contributed by atoms with Gasteiger partial charge in [0.2, 0.25) is 0 Å². The van der Waals surface area contributed by atoms with Gasteiger partial charge < -0.3 is 20.7 Å². The van der Waals surface area contributed by atoms with E-state index in [9.17, 15) is 121 Å². The second-order valence-corrected chi connectivity index (χ2v) is 27.3. The Morgan fingerprint density at radius 2 is 0.886 bits per heavy atom. The van der Waals surface area contributed by atoms with Gasteiger partial charge in [0, 0.05) is 46.5 Å². The molecular formula is C42H33N11O28S7. The molecule has 0 aliphatic rings. The molecule has 0 atom stereocenters. The maximum atomic E-state index is 13.2. The van der Waals surface area contributed by atoms with Gasteiger partial charge in [-0.3, -0.25) is 52.1 Å². The summed E-state index contributed by atoms with van der Waals surface area (Å²) in [6.45, 7) is 0.742. The summed E-state index contributed by atoms with van der Waals surface area (Å²) in [6.07, 6.45) is -0.419. The molecule has 0 saturated heterocycles. The number of hydrogen-bond acceptors (Lipinski definition) is 30. The van der Waals surface area contributed by atoms with E-state index in [4.69, 9.17) is 10.5 Å². The van der Waals surface area contributed by atoms with E-state index in [2.05, 4.69) is 40.9 Å². The van der Waals surface area contributed by atoms with Gasteiger partial charge in [0.05, 0.1) is 39.0 Å². The third kappa shape index (κ3) is 14.6. The fourth-order valence-electron chi connectivity index (χ4n) is 7.74. The summed E-state index contributed by atoms with van der Waals surface area (Å²) in [6, 6.07) is 7.95. The minimum absolute atomic E-state index is 0.0190. The van der Waals surface area contributed by atoms with Crippen molar-refractivity contribution >= 4 is 155 Å². The van der Waals surface area contributed by atoms with Crippen LogP contribution >= 0.6 is 0 Å². The molecule has 0 radical (unpaired) electrons. The van der Waals surface area contributed by atoms with Crippen molar-refractivity contribution in [2.45, 2.75) is 42.7 Å². The lowest BCUT2D eigenvalue weighted by Gasteiger charge is -2.15. The zero-order valence-corrected chi connectivity index (χ0v) is 48.5. The van der Waals surface area contributed by atoms with Gasteiger partial charge in [-0.25, -0.2) is 0 Å². The van der Waals surface area contributed by atoms with E-state index in [-0.39, 0.29) is 23.4 Å². The number of aryl methyl sites for hydroxylation is 1. The first-order valence-corrected chi connectivity index (χ1v) is 32.9.